The lowest BCUT2D eigenvalue weighted by Crippen LogP contribution is -2.11. The molecule has 0 aromatic heterocycles. The molecule has 0 saturated heterocycles. The van der Waals surface area contributed by atoms with Gasteiger partial charge >= 0.3 is 15.6 Å². The molecule has 0 rings (SSSR count). The molecule has 0 aliphatic rings. The molecule has 0 spiro atoms. The van der Waals surface area contributed by atoms with E-state index in [9.17, 15) is 9.13 Å². The van der Waals surface area contributed by atoms with Crippen LogP contribution in [0.3, 0.4) is 0 Å². The first-order valence-electron chi connectivity index (χ1n) is 9.53. The van der Waals surface area contributed by atoms with Gasteiger partial charge < -0.3 is 14.7 Å². The van der Waals surface area contributed by atoms with Crippen LogP contribution in [0, 0.1) is 0 Å². The predicted molar refractivity (Wildman–Crippen MR) is 116 cm³/mol. The van der Waals surface area contributed by atoms with Gasteiger partial charge in [0.15, 0.2) is 6.21 Å². The first-order valence-corrected chi connectivity index (χ1v) is 12.6. The summed E-state index contributed by atoms with van der Waals surface area (Å²) in [6.45, 7) is 8.86. The number of nitrogens with zero attached hydrogens (tertiary/aromatic N) is 1. The third kappa shape index (κ3) is 18.9. The zero-order valence-electron chi connectivity index (χ0n) is 18.1. The largest absolute Gasteiger partial charge is 0.481 e. The molecule has 1 atom stereocenters. The van der Waals surface area contributed by atoms with Gasteiger partial charge in [-0.1, -0.05) is 34.9 Å². The fourth-order valence-corrected chi connectivity index (χ4v) is 3.88. The van der Waals surface area contributed by atoms with Gasteiger partial charge in [-0.15, -0.1) is 0 Å². The molecule has 10 heteroatoms. The Balaban J connectivity index is 4.20. The summed E-state index contributed by atoms with van der Waals surface area (Å²) < 4.78 is 31.8. The fourth-order valence-electron chi connectivity index (χ4n) is 2.36. The second-order valence-corrected chi connectivity index (χ2v) is 10.1. The topological polar surface area (TPSA) is 116 Å². The average molecular weight is 452 g/mol. The Hall–Kier alpha value is -0.850. The van der Waals surface area contributed by atoms with Crippen LogP contribution in [0.15, 0.2) is 34.9 Å². The van der Waals surface area contributed by atoms with E-state index in [0.29, 0.717) is 6.54 Å². The van der Waals surface area contributed by atoms with E-state index in [1.54, 1.807) is 11.6 Å². The molecule has 0 fully saturated rings. The van der Waals surface area contributed by atoms with Crippen LogP contribution in [0.4, 0.5) is 0 Å². The van der Waals surface area contributed by atoms with Crippen molar-refractivity contribution in [2.45, 2.75) is 59.8 Å². The summed E-state index contributed by atoms with van der Waals surface area (Å²) in [5, 5.41) is 0. The second kappa shape index (κ2) is 14.2. The van der Waals surface area contributed by atoms with Crippen LogP contribution in [-0.2, 0) is 18.0 Å². The Labute approximate surface area is 174 Å². The van der Waals surface area contributed by atoms with Crippen molar-refractivity contribution in [2.75, 3.05) is 20.2 Å². The molecule has 0 saturated carbocycles. The summed E-state index contributed by atoms with van der Waals surface area (Å²) in [5.41, 5.74) is 4.07. The number of hydrogen-bond acceptors (Lipinski definition) is 4. The Morgan fingerprint density at radius 2 is 1.41 bits per heavy atom. The highest BCUT2D eigenvalue weighted by atomic mass is 31.3. The van der Waals surface area contributed by atoms with Crippen LogP contribution in [0.25, 0.3) is 0 Å². The molecule has 0 aliphatic carbocycles. The molecule has 29 heavy (non-hydrogen) atoms. The molecule has 0 heterocycles. The minimum absolute atomic E-state index is 0.302. The number of hydrogen-bond donors (Lipinski definition) is 3. The van der Waals surface area contributed by atoms with Gasteiger partial charge in [0.1, 0.15) is 20.2 Å². The average Bonchev–Trinajstić information content (AvgIpc) is 2.51. The number of phosphoric ester groups is 1. The molecule has 1 unspecified atom stereocenters. The number of allylic oxidation sites excluding steroid dienone is 5. The third-order valence-corrected chi connectivity index (χ3v) is 6.08. The summed E-state index contributed by atoms with van der Waals surface area (Å²) in [5.74, 6) is 0. The summed E-state index contributed by atoms with van der Waals surface area (Å²) >= 11 is 0. The van der Waals surface area contributed by atoms with E-state index in [1.165, 1.54) is 22.9 Å². The zero-order chi connectivity index (χ0) is 22.5. The van der Waals surface area contributed by atoms with Crippen molar-refractivity contribution >= 4 is 21.9 Å². The fraction of sp³-hybridized carbons (Fsp3) is 0.632. The van der Waals surface area contributed by atoms with E-state index in [0.717, 1.165) is 32.1 Å². The van der Waals surface area contributed by atoms with Gasteiger partial charge in [0.25, 0.3) is 0 Å². The molecule has 0 aromatic carbocycles. The predicted octanol–water partition coefficient (Wildman–Crippen LogP) is 4.74. The van der Waals surface area contributed by atoms with E-state index in [1.807, 2.05) is 0 Å². The maximum Gasteiger partial charge on any atom is 0.481 e. The van der Waals surface area contributed by atoms with Crippen LogP contribution < -0.4 is 0 Å². The lowest BCUT2D eigenvalue weighted by atomic mass is 10.1. The standard InChI is InChI=1S/C19H35NO7P2/c1-17(2)9-6-10-18(3)11-7-12-19(4)13-8-14-20(5)15-16-26-29(24,25)27-28(21,22)23/h9,11,13,15H,6-8,10,12,14,16H2,1-5H3,(H2-,21,22,23,24,25)/p+1/b18-11+,19-13+,20-15+. The van der Waals surface area contributed by atoms with Crippen molar-refractivity contribution in [3.05, 3.63) is 34.9 Å². The zero-order valence-corrected chi connectivity index (χ0v) is 19.9. The molecule has 0 radical (unpaired) electrons. The first-order chi connectivity index (χ1) is 13.3. The van der Waals surface area contributed by atoms with E-state index in [-0.39, 0.29) is 6.61 Å². The van der Waals surface area contributed by atoms with E-state index in [2.05, 4.69) is 54.8 Å². The summed E-state index contributed by atoms with van der Waals surface area (Å²) in [6.07, 6.45) is 13.2. The van der Waals surface area contributed by atoms with Gasteiger partial charge in [0, 0.05) is 6.42 Å². The minimum Gasteiger partial charge on any atom is -0.302 e. The molecule has 0 bridgehead atoms. The SMILES string of the molecule is CC(C)=CCC/C(C)=C/CC/C(C)=C/CC/[N+](C)=C/COP(=O)(O)OP(=O)(O)O. The number of phosphoric acid groups is 2. The molecule has 0 aliphatic heterocycles. The van der Waals surface area contributed by atoms with Crippen molar-refractivity contribution in [3.63, 3.8) is 0 Å². The molecular weight excluding hydrogens is 416 g/mol. The van der Waals surface area contributed by atoms with Crippen molar-refractivity contribution in [1.29, 1.82) is 0 Å². The second-order valence-electron chi connectivity index (χ2n) is 7.25. The Bertz CT molecular complexity index is 716. The molecule has 0 amide bonds. The van der Waals surface area contributed by atoms with Crippen LogP contribution in [0.1, 0.15) is 59.8 Å². The quantitative estimate of drug-likeness (QED) is 0.151. The van der Waals surface area contributed by atoms with Crippen molar-refractivity contribution < 1.29 is 37.2 Å². The maximum absolute atomic E-state index is 11.3. The monoisotopic (exact) mass is 452 g/mol. The van der Waals surface area contributed by atoms with Gasteiger partial charge in [-0.2, -0.15) is 4.31 Å². The molecule has 0 aromatic rings. The van der Waals surface area contributed by atoms with Crippen molar-refractivity contribution in [3.8, 4) is 0 Å². The van der Waals surface area contributed by atoms with Crippen LogP contribution in [-0.4, -0.2) is 45.7 Å². The van der Waals surface area contributed by atoms with E-state index in [4.69, 9.17) is 14.7 Å². The molecule has 168 valence electrons. The van der Waals surface area contributed by atoms with E-state index >= 15 is 0 Å². The van der Waals surface area contributed by atoms with Crippen molar-refractivity contribution in [2.24, 2.45) is 0 Å². The smallest absolute Gasteiger partial charge is 0.302 e. The molecule has 8 nitrogen and oxygen atoms in total. The minimum atomic E-state index is -5.09. The van der Waals surface area contributed by atoms with Gasteiger partial charge in [0.2, 0.25) is 0 Å². The van der Waals surface area contributed by atoms with Gasteiger partial charge in [-0.05, 0) is 53.4 Å². The van der Waals surface area contributed by atoms with Crippen LogP contribution in [0.5, 0.6) is 0 Å². The summed E-state index contributed by atoms with van der Waals surface area (Å²) in [6, 6.07) is 0. The van der Waals surface area contributed by atoms with Gasteiger partial charge in [0.05, 0.1) is 0 Å². The Morgan fingerprint density at radius 3 is 1.93 bits per heavy atom. The molecular formula is C19H36NO7P2+. The Kier molecular flexibility index (Phi) is 13.8. The van der Waals surface area contributed by atoms with Crippen molar-refractivity contribution in [1.82, 2.24) is 0 Å². The molecule has 3 N–H and O–H groups in total. The highest BCUT2D eigenvalue weighted by molar-refractivity contribution is 7.60. The van der Waals surface area contributed by atoms with Gasteiger partial charge in [-0.25, -0.2) is 13.7 Å². The number of rotatable bonds is 14. The van der Waals surface area contributed by atoms with Gasteiger partial charge in [-0.3, -0.25) is 4.52 Å². The lowest BCUT2D eigenvalue weighted by molar-refractivity contribution is -0.492. The third-order valence-electron chi connectivity index (χ3n) is 3.93. The highest BCUT2D eigenvalue weighted by Gasteiger charge is 2.32. The highest BCUT2D eigenvalue weighted by Crippen LogP contribution is 2.57. The summed E-state index contributed by atoms with van der Waals surface area (Å²) in [7, 11) is -8.10. The Morgan fingerprint density at radius 1 is 0.897 bits per heavy atom. The normalized spacial score (nSPS) is 15.9. The van der Waals surface area contributed by atoms with Crippen LogP contribution >= 0.6 is 15.6 Å². The summed E-state index contributed by atoms with van der Waals surface area (Å²) in [4.78, 5) is 26.2. The van der Waals surface area contributed by atoms with E-state index < -0.39 is 15.6 Å². The van der Waals surface area contributed by atoms with Crippen LogP contribution in [0.2, 0.25) is 0 Å². The first kappa shape index (κ1) is 28.1. The maximum atomic E-state index is 11.3. The lowest BCUT2D eigenvalue weighted by Gasteiger charge is -2.10.